The van der Waals surface area contributed by atoms with E-state index in [0.29, 0.717) is 0 Å². The van der Waals surface area contributed by atoms with Crippen molar-refractivity contribution in [2.45, 2.75) is 46.6 Å². The average Bonchev–Trinajstić information content (AvgIpc) is 3.55. The molecule has 2 aliphatic carbocycles. The Morgan fingerprint density at radius 1 is 0.767 bits per heavy atom. The molecule has 2 aliphatic rings. The molecule has 2 saturated carbocycles. The summed E-state index contributed by atoms with van der Waals surface area (Å²) in [4.78, 5) is 24.5. The fourth-order valence-corrected chi connectivity index (χ4v) is 4.03. The van der Waals surface area contributed by atoms with Gasteiger partial charge in [0.15, 0.2) is 0 Å². The van der Waals surface area contributed by atoms with Crippen molar-refractivity contribution < 1.29 is 9.59 Å². The van der Waals surface area contributed by atoms with Crippen LogP contribution in [0.15, 0.2) is 48.5 Å². The Morgan fingerprint density at radius 2 is 1.07 bits per heavy atom. The van der Waals surface area contributed by atoms with Gasteiger partial charge in [-0.3, -0.25) is 9.59 Å². The Morgan fingerprint density at radius 3 is 1.33 bits per heavy atom. The van der Waals surface area contributed by atoms with Crippen LogP contribution in [0, 0.1) is 22.7 Å². The minimum absolute atomic E-state index is 0.0873. The van der Waals surface area contributed by atoms with Gasteiger partial charge in [0.2, 0.25) is 11.8 Å². The van der Waals surface area contributed by atoms with E-state index in [1.165, 1.54) is 0 Å². The second kappa shape index (κ2) is 7.24. The fourth-order valence-electron chi connectivity index (χ4n) is 4.03. The highest BCUT2D eigenvalue weighted by atomic mass is 16.2. The molecule has 0 spiro atoms. The highest BCUT2D eigenvalue weighted by Gasteiger charge is 2.51. The molecule has 0 aromatic heterocycles. The number of carbonyl (C=O) groups excluding carboxylic acids is 2. The van der Waals surface area contributed by atoms with Crippen LogP contribution in [0.1, 0.15) is 57.7 Å². The summed E-state index contributed by atoms with van der Waals surface area (Å²) in [6, 6.07) is 15.1. The van der Waals surface area contributed by atoms with Crippen LogP contribution in [-0.4, -0.2) is 11.8 Å². The van der Waals surface area contributed by atoms with E-state index in [2.05, 4.69) is 38.3 Å². The molecule has 2 unspecified atom stereocenters. The molecule has 0 radical (unpaired) electrons. The maximum Gasteiger partial charge on any atom is 0.228 e. The molecule has 2 aromatic rings. The molecule has 0 aliphatic heterocycles. The van der Waals surface area contributed by atoms with Crippen LogP contribution >= 0.6 is 0 Å². The monoisotopic (exact) mass is 405 g/mol. The quantitative estimate of drug-likeness (QED) is 0.651. The normalized spacial score (nSPS) is 23.9. The zero-order chi connectivity index (χ0) is 21.7. The van der Waals surface area contributed by atoms with Crippen LogP contribution in [0.4, 0.5) is 11.4 Å². The van der Waals surface area contributed by atoms with Crippen molar-refractivity contribution in [3.05, 3.63) is 59.7 Å². The molecule has 5 nitrogen and oxygen atoms in total. The zero-order valence-electron chi connectivity index (χ0n) is 18.2. The summed E-state index contributed by atoms with van der Waals surface area (Å²) in [6.07, 6.45) is 1.88. The molecule has 0 saturated heterocycles. The average molecular weight is 406 g/mol. The second-order valence-corrected chi connectivity index (χ2v) is 10.2. The molecule has 4 N–H and O–H groups in total. The smallest absolute Gasteiger partial charge is 0.228 e. The Labute approximate surface area is 178 Å². The first-order chi connectivity index (χ1) is 14.1. The van der Waals surface area contributed by atoms with Gasteiger partial charge in [0.05, 0.1) is 6.04 Å². The molecule has 2 amide bonds. The van der Waals surface area contributed by atoms with Crippen molar-refractivity contribution in [3.8, 4) is 0 Å². The van der Waals surface area contributed by atoms with Gasteiger partial charge in [-0.1, -0.05) is 52.0 Å². The summed E-state index contributed by atoms with van der Waals surface area (Å²) in [5, 5.41) is 5.98. The first kappa shape index (κ1) is 20.6. The van der Waals surface area contributed by atoms with E-state index in [0.717, 1.165) is 35.3 Å². The van der Waals surface area contributed by atoms with Crippen LogP contribution in [-0.2, 0) is 9.59 Å². The Balaban J connectivity index is 1.35. The third kappa shape index (κ3) is 4.26. The number of hydrogen-bond acceptors (Lipinski definition) is 3. The van der Waals surface area contributed by atoms with Gasteiger partial charge in [0.1, 0.15) is 0 Å². The van der Waals surface area contributed by atoms with Crippen LogP contribution in [0.25, 0.3) is 0 Å². The number of amides is 2. The van der Waals surface area contributed by atoms with Crippen LogP contribution in [0.3, 0.4) is 0 Å². The molecule has 2 atom stereocenters. The number of hydrogen-bond donors (Lipinski definition) is 3. The van der Waals surface area contributed by atoms with E-state index < -0.39 is 0 Å². The minimum Gasteiger partial charge on any atom is -0.326 e. The molecular weight excluding hydrogens is 374 g/mol. The summed E-state index contributed by atoms with van der Waals surface area (Å²) in [6.45, 7) is 8.46. The number of benzene rings is 2. The number of anilines is 2. The number of nitrogens with one attached hydrogen (secondary N) is 2. The van der Waals surface area contributed by atoms with Crippen molar-refractivity contribution >= 4 is 23.2 Å². The fraction of sp³-hybridized carbons (Fsp3) is 0.440. The lowest BCUT2D eigenvalue weighted by Crippen LogP contribution is -2.17. The predicted molar refractivity (Wildman–Crippen MR) is 120 cm³/mol. The van der Waals surface area contributed by atoms with Gasteiger partial charge >= 0.3 is 0 Å². The Bertz CT molecular complexity index is 881. The first-order valence-electron chi connectivity index (χ1n) is 10.6. The first-order valence-corrected chi connectivity index (χ1v) is 10.6. The van der Waals surface area contributed by atoms with Gasteiger partial charge in [-0.05, 0) is 59.1 Å². The molecule has 158 valence electrons. The summed E-state index contributed by atoms with van der Waals surface area (Å²) < 4.78 is 0. The van der Waals surface area contributed by atoms with E-state index in [1.807, 2.05) is 48.5 Å². The van der Waals surface area contributed by atoms with Crippen molar-refractivity contribution in [3.63, 3.8) is 0 Å². The number of rotatable bonds is 6. The lowest BCUT2D eigenvalue weighted by atomic mass is 9.99. The lowest BCUT2D eigenvalue weighted by molar-refractivity contribution is -0.118. The summed E-state index contributed by atoms with van der Waals surface area (Å²) in [7, 11) is 0. The third-order valence-corrected chi connectivity index (χ3v) is 6.73. The highest BCUT2D eigenvalue weighted by Crippen LogP contribution is 2.52. The van der Waals surface area contributed by atoms with Crippen LogP contribution in [0.5, 0.6) is 0 Å². The molecular formula is C25H31N3O2. The third-order valence-electron chi connectivity index (χ3n) is 6.73. The maximum absolute atomic E-state index is 12.3. The van der Waals surface area contributed by atoms with Crippen molar-refractivity contribution in [1.82, 2.24) is 0 Å². The summed E-state index contributed by atoms with van der Waals surface area (Å²) in [5.41, 5.74) is 10.2. The Kier molecular flexibility index (Phi) is 4.97. The van der Waals surface area contributed by atoms with Gasteiger partial charge in [-0.15, -0.1) is 0 Å². The van der Waals surface area contributed by atoms with Gasteiger partial charge < -0.3 is 16.4 Å². The van der Waals surface area contributed by atoms with Crippen molar-refractivity contribution in [2.75, 3.05) is 10.6 Å². The minimum atomic E-state index is -0.274. The largest absolute Gasteiger partial charge is 0.326 e. The highest BCUT2D eigenvalue weighted by molar-refractivity contribution is 5.95. The molecule has 5 heteroatoms. The van der Waals surface area contributed by atoms with Gasteiger partial charge in [0.25, 0.3) is 0 Å². The van der Waals surface area contributed by atoms with E-state index >= 15 is 0 Å². The SMILES string of the molecule is CC1(C)CC1C(=O)Nc1ccc(C(N)c2ccc(NC(=O)C3CC3(C)C)cc2)cc1. The molecule has 30 heavy (non-hydrogen) atoms. The van der Waals surface area contributed by atoms with Gasteiger partial charge in [0, 0.05) is 23.2 Å². The lowest BCUT2D eigenvalue weighted by Gasteiger charge is -2.15. The molecule has 2 aromatic carbocycles. The molecule has 2 fully saturated rings. The van der Waals surface area contributed by atoms with Crippen LogP contribution < -0.4 is 16.4 Å². The van der Waals surface area contributed by atoms with Crippen molar-refractivity contribution in [1.29, 1.82) is 0 Å². The van der Waals surface area contributed by atoms with Crippen LogP contribution in [0.2, 0.25) is 0 Å². The molecule has 0 bridgehead atoms. The van der Waals surface area contributed by atoms with Gasteiger partial charge in [-0.25, -0.2) is 0 Å². The maximum atomic E-state index is 12.3. The number of carbonyl (C=O) groups is 2. The van der Waals surface area contributed by atoms with E-state index in [9.17, 15) is 9.59 Å². The summed E-state index contributed by atoms with van der Waals surface area (Å²) >= 11 is 0. The number of nitrogens with two attached hydrogens (primary N) is 1. The predicted octanol–water partition coefficient (Wildman–Crippen LogP) is 4.70. The summed E-state index contributed by atoms with van der Waals surface area (Å²) in [5.74, 6) is 0.377. The second-order valence-electron chi connectivity index (χ2n) is 10.2. The van der Waals surface area contributed by atoms with E-state index in [-0.39, 0.29) is 40.5 Å². The van der Waals surface area contributed by atoms with Crippen molar-refractivity contribution in [2.24, 2.45) is 28.4 Å². The topological polar surface area (TPSA) is 84.2 Å². The molecule has 0 heterocycles. The standard InChI is InChI=1S/C25H31N3O2/c1-24(2)13-19(24)22(29)27-17-9-5-15(6-10-17)21(26)16-7-11-18(12-8-16)28-23(30)20-14-25(20,3)4/h5-12,19-21H,13-14,26H2,1-4H3,(H,27,29)(H,28,30). The van der Waals surface area contributed by atoms with Gasteiger partial charge in [-0.2, -0.15) is 0 Å². The van der Waals surface area contributed by atoms with E-state index in [4.69, 9.17) is 5.73 Å². The van der Waals surface area contributed by atoms with E-state index in [1.54, 1.807) is 0 Å². The zero-order valence-corrected chi connectivity index (χ0v) is 18.2. The molecule has 4 rings (SSSR count). The Hall–Kier alpha value is -2.66.